The molecule has 0 aromatic carbocycles. The van der Waals surface area contributed by atoms with Gasteiger partial charge < -0.3 is 10.0 Å². The Morgan fingerprint density at radius 3 is 2.56 bits per heavy atom. The molecule has 0 unspecified atom stereocenters. The number of halogens is 2. The van der Waals surface area contributed by atoms with Crippen LogP contribution in [0.2, 0.25) is 0 Å². The molecule has 0 bridgehead atoms. The highest BCUT2D eigenvalue weighted by molar-refractivity contribution is 5.38. The van der Waals surface area contributed by atoms with Crippen molar-refractivity contribution in [3.63, 3.8) is 0 Å². The highest BCUT2D eigenvalue weighted by Crippen LogP contribution is 2.21. The number of hydrogen-bond donors (Lipinski definition) is 1. The summed E-state index contributed by atoms with van der Waals surface area (Å²) in [5.41, 5.74) is 0. The fraction of sp³-hybridized carbons (Fsp3) is 0.545. The van der Waals surface area contributed by atoms with Crippen LogP contribution < -0.4 is 4.90 Å². The minimum absolute atomic E-state index is 0.193. The fourth-order valence-corrected chi connectivity index (χ4v) is 1.93. The average Bonchev–Trinajstić information content (AvgIpc) is 2.33. The van der Waals surface area contributed by atoms with Crippen LogP contribution in [0.5, 0.6) is 0 Å². The van der Waals surface area contributed by atoms with Crippen LogP contribution in [0, 0.1) is 17.7 Å². The van der Waals surface area contributed by atoms with Gasteiger partial charge in [-0.2, -0.15) is 9.37 Å². The van der Waals surface area contributed by atoms with Gasteiger partial charge in [0.15, 0.2) is 5.82 Å². The number of rotatable bonds is 2. The van der Waals surface area contributed by atoms with Gasteiger partial charge in [-0.25, -0.2) is 4.39 Å². The van der Waals surface area contributed by atoms with Crippen LogP contribution in [-0.2, 0) is 0 Å². The van der Waals surface area contributed by atoms with Crippen LogP contribution in [0.25, 0.3) is 0 Å². The average molecular weight is 228 g/mol. The van der Waals surface area contributed by atoms with Crippen LogP contribution >= 0.6 is 0 Å². The normalized spacial score (nSPS) is 17.8. The van der Waals surface area contributed by atoms with Crippen molar-refractivity contribution in [1.29, 1.82) is 0 Å². The molecule has 3 nitrogen and oxygen atoms in total. The Kier molecular flexibility index (Phi) is 3.33. The van der Waals surface area contributed by atoms with Crippen molar-refractivity contribution >= 4 is 5.82 Å². The monoisotopic (exact) mass is 228 g/mol. The van der Waals surface area contributed by atoms with Gasteiger partial charge in [0.2, 0.25) is 0 Å². The van der Waals surface area contributed by atoms with E-state index in [-0.39, 0.29) is 6.61 Å². The summed E-state index contributed by atoms with van der Waals surface area (Å²) in [6.45, 7) is 1.64. The first-order valence-electron chi connectivity index (χ1n) is 5.38. The van der Waals surface area contributed by atoms with Gasteiger partial charge in [-0.3, -0.25) is 0 Å². The second-order valence-electron chi connectivity index (χ2n) is 4.06. The second kappa shape index (κ2) is 4.74. The summed E-state index contributed by atoms with van der Waals surface area (Å²) in [5.74, 6) is -1.19. The van der Waals surface area contributed by atoms with Gasteiger partial charge in [-0.1, -0.05) is 0 Å². The van der Waals surface area contributed by atoms with Crippen LogP contribution in [0.3, 0.4) is 0 Å². The summed E-state index contributed by atoms with van der Waals surface area (Å²) in [4.78, 5) is 5.48. The van der Waals surface area contributed by atoms with E-state index in [2.05, 4.69) is 4.98 Å². The van der Waals surface area contributed by atoms with Gasteiger partial charge in [0, 0.05) is 19.7 Å². The number of pyridine rings is 1. The van der Waals surface area contributed by atoms with Crippen molar-refractivity contribution in [2.24, 2.45) is 5.92 Å². The SMILES string of the molecule is OCC1CCN(c2ccc(F)c(F)n2)CC1. The Labute approximate surface area is 92.7 Å². The van der Waals surface area contributed by atoms with Crippen molar-refractivity contribution in [3.8, 4) is 0 Å². The largest absolute Gasteiger partial charge is 0.396 e. The van der Waals surface area contributed by atoms with Crippen molar-refractivity contribution in [2.75, 3.05) is 24.6 Å². The number of aliphatic hydroxyl groups excluding tert-OH is 1. The van der Waals surface area contributed by atoms with Gasteiger partial charge in [0.1, 0.15) is 5.82 Å². The molecule has 16 heavy (non-hydrogen) atoms. The third kappa shape index (κ3) is 2.29. The summed E-state index contributed by atoms with van der Waals surface area (Å²) in [5, 5.41) is 8.98. The van der Waals surface area contributed by atoms with E-state index in [0.717, 1.165) is 32.0 Å². The summed E-state index contributed by atoms with van der Waals surface area (Å²) in [7, 11) is 0. The Balaban J connectivity index is 2.05. The summed E-state index contributed by atoms with van der Waals surface area (Å²) >= 11 is 0. The van der Waals surface area contributed by atoms with Crippen molar-refractivity contribution in [2.45, 2.75) is 12.8 Å². The topological polar surface area (TPSA) is 36.4 Å². The Morgan fingerprint density at radius 2 is 2.00 bits per heavy atom. The zero-order chi connectivity index (χ0) is 11.5. The summed E-state index contributed by atoms with van der Waals surface area (Å²) in [6.07, 6.45) is 1.72. The van der Waals surface area contributed by atoms with Gasteiger partial charge >= 0.3 is 0 Å². The summed E-state index contributed by atoms with van der Waals surface area (Å²) in [6, 6.07) is 2.58. The van der Waals surface area contributed by atoms with E-state index in [1.54, 1.807) is 0 Å². The second-order valence-corrected chi connectivity index (χ2v) is 4.06. The van der Waals surface area contributed by atoms with Crippen molar-refractivity contribution < 1.29 is 13.9 Å². The third-order valence-electron chi connectivity index (χ3n) is 2.99. The molecule has 0 spiro atoms. The standard InChI is InChI=1S/C11H14F2N2O/c12-9-1-2-10(14-11(9)13)15-5-3-8(7-16)4-6-15/h1-2,8,16H,3-7H2. The maximum Gasteiger partial charge on any atom is 0.250 e. The molecule has 1 aliphatic rings. The number of nitrogens with zero attached hydrogens (tertiary/aromatic N) is 2. The van der Waals surface area contributed by atoms with Gasteiger partial charge in [-0.15, -0.1) is 0 Å². The zero-order valence-electron chi connectivity index (χ0n) is 8.87. The first kappa shape index (κ1) is 11.3. The molecule has 1 fully saturated rings. The van der Waals surface area contributed by atoms with E-state index in [0.29, 0.717) is 11.7 Å². The maximum absolute atomic E-state index is 12.9. The predicted octanol–water partition coefficient (Wildman–Crippen LogP) is 1.57. The molecular formula is C11H14F2N2O. The van der Waals surface area contributed by atoms with Crippen molar-refractivity contribution in [1.82, 2.24) is 4.98 Å². The Bertz CT molecular complexity index is 365. The molecule has 2 heterocycles. The maximum atomic E-state index is 12.9. The van der Waals surface area contributed by atoms with E-state index >= 15 is 0 Å². The van der Waals surface area contributed by atoms with E-state index < -0.39 is 11.8 Å². The fourth-order valence-electron chi connectivity index (χ4n) is 1.93. The number of aliphatic hydroxyl groups is 1. The lowest BCUT2D eigenvalue weighted by Crippen LogP contribution is -2.35. The molecule has 0 aliphatic carbocycles. The molecule has 0 radical (unpaired) electrons. The molecule has 1 N–H and O–H groups in total. The number of aromatic nitrogens is 1. The summed E-state index contributed by atoms with van der Waals surface area (Å²) < 4.78 is 25.6. The molecule has 2 rings (SSSR count). The quantitative estimate of drug-likeness (QED) is 0.780. The molecular weight excluding hydrogens is 214 g/mol. The lowest BCUT2D eigenvalue weighted by atomic mass is 9.98. The van der Waals surface area contributed by atoms with Crippen LogP contribution in [0.4, 0.5) is 14.6 Å². The first-order chi connectivity index (χ1) is 7.70. The highest BCUT2D eigenvalue weighted by atomic mass is 19.2. The van der Waals surface area contributed by atoms with Crippen molar-refractivity contribution in [3.05, 3.63) is 23.9 Å². The third-order valence-corrected chi connectivity index (χ3v) is 2.99. The Hall–Kier alpha value is -1.23. The molecule has 1 saturated heterocycles. The minimum Gasteiger partial charge on any atom is -0.396 e. The number of hydrogen-bond acceptors (Lipinski definition) is 3. The molecule has 1 aliphatic heterocycles. The number of anilines is 1. The smallest absolute Gasteiger partial charge is 0.250 e. The predicted molar refractivity (Wildman–Crippen MR) is 56.2 cm³/mol. The van der Waals surface area contributed by atoms with Gasteiger partial charge in [-0.05, 0) is 30.9 Å². The van der Waals surface area contributed by atoms with Crippen LogP contribution in [0.15, 0.2) is 12.1 Å². The van der Waals surface area contributed by atoms with Gasteiger partial charge in [0.05, 0.1) is 0 Å². The molecule has 0 atom stereocenters. The molecule has 0 amide bonds. The highest BCUT2D eigenvalue weighted by Gasteiger charge is 2.20. The van der Waals surface area contributed by atoms with E-state index in [1.165, 1.54) is 6.07 Å². The lowest BCUT2D eigenvalue weighted by molar-refractivity contribution is 0.202. The minimum atomic E-state index is -1.05. The zero-order valence-corrected chi connectivity index (χ0v) is 8.87. The molecule has 0 saturated carbocycles. The van der Waals surface area contributed by atoms with E-state index in [4.69, 9.17) is 5.11 Å². The van der Waals surface area contributed by atoms with E-state index in [1.807, 2.05) is 4.90 Å². The molecule has 88 valence electrons. The molecule has 1 aromatic heterocycles. The molecule has 5 heteroatoms. The van der Waals surface area contributed by atoms with Gasteiger partial charge in [0.25, 0.3) is 5.95 Å². The number of piperidine rings is 1. The molecule has 1 aromatic rings. The first-order valence-corrected chi connectivity index (χ1v) is 5.38. The van der Waals surface area contributed by atoms with E-state index in [9.17, 15) is 8.78 Å². The Morgan fingerprint density at radius 1 is 1.31 bits per heavy atom. The van der Waals surface area contributed by atoms with Crippen LogP contribution in [0.1, 0.15) is 12.8 Å². The van der Waals surface area contributed by atoms with Crippen LogP contribution in [-0.4, -0.2) is 29.8 Å². The lowest BCUT2D eigenvalue weighted by Gasteiger charge is -2.31.